The number of hydrogen-bond donors (Lipinski definition) is 0. The first-order valence-electron chi connectivity index (χ1n) is 8.51. The average Bonchev–Trinajstić information content (AvgIpc) is 3.26. The standard InChI is InChI=1S/C21H16N2O4S/c1-13(24)27-16-10-8-14(9-11-16)19-22-17-12-18(21(25)26-2)28-20(17)23(19)15-6-4-3-5-7-15/h3-12H,1-2H3. The summed E-state index contributed by atoms with van der Waals surface area (Å²) in [6, 6.07) is 18.7. The van der Waals surface area contributed by atoms with Gasteiger partial charge < -0.3 is 9.47 Å². The number of hydrogen-bond acceptors (Lipinski definition) is 6. The number of carbonyl (C=O) groups is 2. The summed E-state index contributed by atoms with van der Waals surface area (Å²) in [4.78, 5) is 29.1. The number of benzene rings is 2. The van der Waals surface area contributed by atoms with E-state index in [1.54, 1.807) is 18.2 Å². The third-order valence-electron chi connectivity index (χ3n) is 4.11. The second-order valence-electron chi connectivity index (χ2n) is 6.02. The molecule has 2 aromatic heterocycles. The lowest BCUT2D eigenvalue weighted by atomic mass is 10.2. The summed E-state index contributed by atoms with van der Waals surface area (Å²) >= 11 is 1.34. The average molecular weight is 392 g/mol. The molecule has 28 heavy (non-hydrogen) atoms. The number of imidazole rings is 1. The van der Waals surface area contributed by atoms with Gasteiger partial charge in [0, 0.05) is 18.2 Å². The molecule has 140 valence electrons. The van der Waals surface area contributed by atoms with Crippen LogP contribution in [0.15, 0.2) is 60.7 Å². The van der Waals surface area contributed by atoms with Crippen LogP contribution in [0.5, 0.6) is 5.75 Å². The Bertz CT molecular complexity index is 1160. The van der Waals surface area contributed by atoms with E-state index in [1.807, 2.05) is 47.0 Å². The smallest absolute Gasteiger partial charge is 0.348 e. The van der Waals surface area contributed by atoms with E-state index in [-0.39, 0.29) is 11.9 Å². The Labute approximate surface area is 165 Å². The minimum absolute atomic E-state index is 0.366. The molecule has 0 aliphatic heterocycles. The van der Waals surface area contributed by atoms with Crippen molar-refractivity contribution in [2.24, 2.45) is 0 Å². The molecule has 0 saturated heterocycles. The van der Waals surface area contributed by atoms with Gasteiger partial charge in [-0.15, -0.1) is 11.3 Å². The predicted octanol–water partition coefficient (Wildman–Crippen LogP) is 4.47. The van der Waals surface area contributed by atoms with Gasteiger partial charge in [0.05, 0.1) is 7.11 Å². The number of thiophene rings is 1. The van der Waals surface area contributed by atoms with Crippen LogP contribution in [0.2, 0.25) is 0 Å². The lowest BCUT2D eigenvalue weighted by Crippen LogP contribution is -2.01. The Kier molecular flexibility index (Phi) is 4.67. The van der Waals surface area contributed by atoms with Gasteiger partial charge in [0.25, 0.3) is 0 Å². The highest BCUT2D eigenvalue weighted by atomic mass is 32.1. The molecular weight excluding hydrogens is 376 g/mol. The summed E-state index contributed by atoms with van der Waals surface area (Å²) in [7, 11) is 1.36. The van der Waals surface area contributed by atoms with Crippen LogP contribution in [-0.4, -0.2) is 28.6 Å². The van der Waals surface area contributed by atoms with E-state index in [0.717, 1.165) is 21.9 Å². The second-order valence-corrected chi connectivity index (χ2v) is 7.05. The van der Waals surface area contributed by atoms with Crippen LogP contribution in [0.3, 0.4) is 0 Å². The van der Waals surface area contributed by atoms with Gasteiger partial charge in [-0.05, 0) is 42.5 Å². The van der Waals surface area contributed by atoms with Gasteiger partial charge in [0.15, 0.2) is 0 Å². The van der Waals surface area contributed by atoms with Gasteiger partial charge in [-0.1, -0.05) is 18.2 Å². The van der Waals surface area contributed by atoms with Crippen molar-refractivity contribution in [1.29, 1.82) is 0 Å². The Morgan fingerprint density at radius 3 is 2.39 bits per heavy atom. The fourth-order valence-electron chi connectivity index (χ4n) is 2.92. The van der Waals surface area contributed by atoms with E-state index in [1.165, 1.54) is 25.4 Å². The molecule has 0 aliphatic carbocycles. The van der Waals surface area contributed by atoms with Crippen LogP contribution in [0.1, 0.15) is 16.6 Å². The van der Waals surface area contributed by atoms with Gasteiger partial charge in [-0.2, -0.15) is 0 Å². The highest BCUT2D eigenvalue weighted by Crippen LogP contribution is 2.34. The Balaban J connectivity index is 1.87. The molecule has 0 N–H and O–H groups in total. The van der Waals surface area contributed by atoms with E-state index in [2.05, 4.69) is 0 Å². The monoisotopic (exact) mass is 392 g/mol. The number of carbonyl (C=O) groups excluding carboxylic acids is 2. The normalized spacial score (nSPS) is 10.8. The zero-order valence-corrected chi connectivity index (χ0v) is 16.0. The van der Waals surface area contributed by atoms with Crippen molar-refractivity contribution in [3.05, 3.63) is 65.5 Å². The molecule has 2 heterocycles. The van der Waals surface area contributed by atoms with Gasteiger partial charge >= 0.3 is 11.9 Å². The number of nitrogens with zero attached hydrogens (tertiary/aromatic N) is 2. The Hall–Kier alpha value is -3.45. The molecule has 0 atom stereocenters. The first kappa shape index (κ1) is 17.9. The molecule has 0 spiro atoms. The van der Waals surface area contributed by atoms with Crippen molar-refractivity contribution < 1.29 is 19.1 Å². The van der Waals surface area contributed by atoms with Crippen molar-refractivity contribution >= 4 is 33.6 Å². The molecule has 0 bridgehead atoms. The molecule has 4 rings (SSSR count). The number of ether oxygens (including phenoxy) is 2. The quantitative estimate of drug-likeness (QED) is 0.379. The summed E-state index contributed by atoms with van der Waals surface area (Å²) in [5.74, 6) is 0.464. The lowest BCUT2D eigenvalue weighted by Gasteiger charge is -2.09. The van der Waals surface area contributed by atoms with E-state index >= 15 is 0 Å². The van der Waals surface area contributed by atoms with Crippen LogP contribution in [0.4, 0.5) is 0 Å². The maximum absolute atomic E-state index is 11.9. The summed E-state index contributed by atoms with van der Waals surface area (Å²) < 4.78 is 11.9. The molecule has 7 heteroatoms. The van der Waals surface area contributed by atoms with E-state index in [0.29, 0.717) is 16.1 Å². The molecule has 0 radical (unpaired) electrons. The SMILES string of the molecule is COC(=O)c1cc2nc(-c3ccc(OC(C)=O)cc3)n(-c3ccccc3)c2s1. The molecule has 6 nitrogen and oxygen atoms in total. The molecular formula is C21H16N2O4S. The predicted molar refractivity (Wildman–Crippen MR) is 107 cm³/mol. The zero-order chi connectivity index (χ0) is 19.7. The van der Waals surface area contributed by atoms with Crippen LogP contribution >= 0.6 is 11.3 Å². The highest BCUT2D eigenvalue weighted by molar-refractivity contribution is 7.20. The lowest BCUT2D eigenvalue weighted by molar-refractivity contribution is -0.131. The summed E-state index contributed by atoms with van der Waals surface area (Å²) in [5.41, 5.74) is 2.51. The zero-order valence-electron chi connectivity index (χ0n) is 15.2. The first-order chi connectivity index (χ1) is 13.6. The molecule has 0 amide bonds. The third kappa shape index (κ3) is 3.27. The Morgan fingerprint density at radius 2 is 1.75 bits per heavy atom. The van der Waals surface area contributed by atoms with Crippen LogP contribution in [-0.2, 0) is 9.53 Å². The van der Waals surface area contributed by atoms with Crippen molar-refractivity contribution in [3.63, 3.8) is 0 Å². The first-order valence-corrected chi connectivity index (χ1v) is 9.33. The fourth-order valence-corrected chi connectivity index (χ4v) is 3.96. The topological polar surface area (TPSA) is 70.4 Å². The molecule has 0 saturated carbocycles. The molecule has 0 aliphatic rings. The van der Waals surface area contributed by atoms with Gasteiger partial charge in [-0.25, -0.2) is 9.78 Å². The minimum Gasteiger partial charge on any atom is -0.465 e. The maximum atomic E-state index is 11.9. The van der Waals surface area contributed by atoms with Crippen molar-refractivity contribution in [2.45, 2.75) is 6.92 Å². The highest BCUT2D eigenvalue weighted by Gasteiger charge is 2.20. The maximum Gasteiger partial charge on any atom is 0.348 e. The van der Waals surface area contributed by atoms with E-state index in [9.17, 15) is 9.59 Å². The summed E-state index contributed by atoms with van der Waals surface area (Å²) in [6.07, 6.45) is 0. The Morgan fingerprint density at radius 1 is 1.04 bits per heavy atom. The van der Waals surface area contributed by atoms with E-state index in [4.69, 9.17) is 14.5 Å². The van der Waals surface area contributed by atoms with Gasteiger partial charge in [0.2, 0.25) is 0 Å². The number of rotatable bonds is 4. The number of para-hydroxylation sites is 1. The largest absolute Gasteiger partial charge is 0.465 e. The summed E-state index contributed by atoms with van der Waals surface area (Å²) in [6.45, 7) is 1.36. The molecule has 2 aromatic carbocycles. The second kappa shape index (κ2) is 7.28. The van der Waals surface area contributed by atoms with Gasteiger partial charge in [-0.3, -0.25) is 9.36 Å². The van der Waals surface area contributed by atoms with Crippen molar-refractivity contribution in [1.82, 2.24) is 9.55 Å². The number of fused-ring (bicyclic) bond motifs is 1. The summed E-state index contributed by atoms with van der Waals surface area (Å²) in [5, 5.41) is 0. The van der Waals surface area contributed by atoms with Gasteiger partial charge in [0.1, 0.15) is 26.8 Å². The number of methoxy groups -OCH3 is 1. The van der Waals surface area contributed by atoms with Crippen molar-refractivity contribution in [3.8, 4) is 22.8 Å². The van der Waals surface area contributed by atoms with Crippen LogP contribution in [0.25, 0.3) is 27.4 Å². The molecule has 4 aromatic rings. The molecule has 0 unspecified atom stereocenters. The minimum atomic E-state index is -0.380. The fraction of sp³-hybridized carbons (Fsp3) is 0.0952. The number of esters is 2. The van der Waals surface area contributed by atoms with Crippen molar-refractivity contribution in [2.75, 3.05) is 7.11 Å². The van der Waals surface area contributed by atoms with Crippen LogP contribution in [0, 0.1) is 0 Å². The van der Waals surface area contributed by atoms with E-state index < -0.39 is 0 Å². The molecule has 0 fully saturated rings. The van der Waals surface area contributed by atoms with Crippen LogP contribution < -0.4 is 4.74 Å². The third-order valence-corrected chi connectivity index (χ3v) is 5.20. The number of aromatic nitrogens is 2.